The average molecular weight is 396 g/mol. The number of rotatable bonds is 8. The van der Waals surface area contributed by atoms with E-state index in [-0.39, 0.29) is 0 Å². The molecule has 2 N–H and O–H groups in total. The summed E-state index contributed by atoms with van der Waals surface area (Å²) >= 11 is 0. The van der Waals surface area contributed by atoms with Gasteiger partial charge in [0, 0.05) is 43.8 Å². The normalized spacial score (nSPS) is 14.4. The van der Waals surface area contributed by atoms with E-state index in [1.807, 2.05) is 49.8 Å². The van der Waals surface area contributed by atoms with E-state index in [9.17, 15) is 0 Å². The van der Waals surface area contributed by atoms with Crippen molar-refractivity contribution in [1.82, 2.24) is 24.3 Å². The van der Waals surface area contributed by atoms with Crippen molar-refractivity contribution in [3.05, 3.63) is 35.9 Å². The molecule has 0 atom stereocenters. The first-order valence-corrected chi connectivity index (χ1v) is 10.3. The van der Waals surface area contributed by atoms with E-state index in [1.165, 1.54) is 25.9 Å². The maximum Gasteiger partial charge on any atom is 0.229 e. The van der Waals surface area contributed by atoms with Crippen molar-refractivity contribution in [2.24, 2.45) is 0 Å². The fourth-order valence-corrected chi connectivity index (χ4v) is 3.72. The maximum absolute atomic E-state index is 6.14. The van der Waals surface area contributed by atoms with E-state index >= 15 is 0 Å². The van der Waals surface area contributed by atoms with Crippen LogP contribution in [0, 0.1) is 13.8 Å². The molecule has 1 fully saturated rings. The van der Waals surface area contributed by atoms with Crippen molar-refractivity contribution in [3.63, 3.8) is 0 Å². The summed E-state index contributed by atoms with van der Waals surface area (Å²) in [4.78, 5) is 16.1. The lowest BCUT2D eigenvalue weighted by Crippen LogP contribution is -2.22. The summed E-state index contributed by atoms with van der Waals surface area (Å²) in [5.41, 5.74) is 3.53. The number of nitrogens with zero attached hydrogens (tertiary/aromatic N) is 5. The molecule has 0 bridgehead atoms. The Morgan fingerprint density at radius 2 is 1.86 bits per heavy atom. The second kappa shape index (κ2) is 8.65. The first-order valence-electron chi connectivity index (χ1n) is 10.3. The van der Waals surface area contributed by atoms with Gasteiger partial charge in [0.1, 0.15) is 5.82 Å². The number of likely N-dealkylation sites (tertiary alicyclic amines) is 1. The Bertz CT molecular complexity index is 979. The number of fused-ring (bicyclic) bond motifs is 1. The van der Waals surface area contributed by atoms with Crippen molar-refractivity contribution >= 4 is 23.1 Å². The number of pyridine rings is 1. The van der Waals surface area contributed by atoms with Gasteiger partial charge >= 0.3 is 0 Å². The second-order valence-electron chi connectivity index (χ2n) is 7.55. The molecule has 4 heterocycles. The standard InChI is InChI=1S/C21H29N7O/c1-15-11-19(22-3)26-21(24-15)25-17-12-18(20-23-16(2)13-28(20)14-17)29-10-6-9-27-7-4-5-8-27/h11-14H,4-10H2,1-3H3,(H2,22,24,25,26). The molecule has 1 saturated heterocycles. The van der Waals surface area contributed by atoms with Gasteiger partial charge in [0.25, 0.3) is 0 Å². The van der Waals surface area contributed by atoms with Gasteiger partial charge in [-0.2, -0.15) is 4.98 Å². The summed E-state index contributed by atoms with van der Waals surface area (Å²) in [6.07, 6.45) is 7.62. The zero-order valence-corrected chi connectivity index (χ0v) is 17.4. The number of hydrogen-bond donors (Lipinski definition) is 2. The van der Waals surface area contributed by atoms with Crippen LogP contribution in [0.1, 0.15) is 30.7 Å². The molecule has 0 spiro atoms. The molecule has 0 aliphatic carbocycles. The van der Waals surface area contributed by atoms with Gasteiger partial charge in [0.2, 0.25) is 5.95 Å². The third-order valence-electron chi connectivity index (χ3n) is 5.08. The third-order valence-corrected chi connectivity index (χ3v) is 5.08. The molecule has 0 unspecified atom stereocenters. The van der Waals surface area contributed by atoms with Gasteiger partial charge in [-0.1, -0.05) is 0 Å². The van der Waals surface area contributed by atoms with E-state index in [2.05, 4.69) is 30.5 Å². The van der Waals surface area contributed by atoms with Crippen LogP contribution >= 0.6 is 0 Å². The highest BCUT2D eigenvalue weighted by molar-refractivity contribution is 5.65. The molecule has 0 aromatic carbocycles. The second-order valence-corrected chi connectivity index (χ2v) is 7.55. The van der Waals surface area contributed by atoms with Crippen molar-refractivity contribution < 1.29 is 4.74 Å². The maximum atomic E-state index is 6.14. The lowest BCUT2D eigenvalue weighted by molar-refractivity contribution is 0.264. The van der Waals surface area contributed by atoms with Crippen LogP contribution in [0.2, 0.25) is 0 Å². The van der Waals surface area contributed by atoms with Crippen molar-refractivity contribution in [1.29, 1.82) is 0 Å². The Kier molecular flexibility index (Phi) is 5.80. The summed E-state index contributed by atoms with van der Waals surface area (Å²) < 4.78 is 8.12. The number of aromatic nitrogens is 4. The minimum absolute atomic E-state index is 0.547. The van der Waals surface area contributed by atoms with Gasteiger partial charge in [-0.3, -0.25) is 0 Å². The highest BCUT2D eigenvalue weighted by Gasteiger charge is 2.13. The Morgan fingerprint density at radius 1 is 1.03 bits per heavy atom. The van der Waals surface area contributed by atoms with Gasteiger partial charge in [-0.05, 0) is 46.2 Å². The largest absolute Gasteiger partial charge is 0.490 e. The van der Waals surface area contributed by atoms with Gasteiger partial charge < -0.3 is 24.7 Å². The Labute approximate surface area is 171 Å². The molecule has 1 aliphatic heterocycles. The predicted molar refractivity (Wildman–Crippen MR) is 115 cm³/mol. The van der Waals surface area contributed by atoms with Crippen LogP contribution < -0.4 is 15.4 Å². The fraction of sp³-hybridized carbons (Fsp3) is 0.476. The SMILES string of the molecule is CNc1cc(C)nc(Nc2cc(OCCCN3CCCC3)c3nc(C)cn3c2)n1. The summed E-state index contributed by atoms with van der Waals surface area (Å²) in [6.45, 7) is 8.13. The number of anilines is 3. The molecule has 8 heteroatoms. The van der Waals surface area contributed by atoms with E-state index in [1.54, 1.807) is 0 Å². The minimum Gasteiger partial charge on any atom is -0.490 e. The van der Waals surface area contributed by atoms with Crippen LogP contribution in [0.5, 0.6) is 5.75 Å². The molecule has 154 valence electrons. The number of ether oxygens (including phenoxy) is 1. The van der Waals surface area contributed by atoms with Crippen LogP contribution in [0.15, 0.2) is 24.5 Å². The average Bonchev–Trinajstić information content (AvgIpc) is 3.33. The summed E-state index contributed by atoms with van der Waals surface area (Å²) in [6, 6.07) is 3.88. The van der Waals surface area contributed by atoms with Gasteiger partial charge in [0.15, 0.2) is 11.4 Å². The van der Waals surface area contributed by atoms with Gasteiger partial charge in [-0.15, -0.1) is 0 Å². The zero-order chi connectivity index (χ0) is 20.2. The molecule has 4 rings (SSSR count). The smallest absolute Gasteiger partial charge is 0.229 e. The van der Waals surface area contributed by atoms with Crippen molar-refractivity contribution in [3.8, 4) is 5.75 Å². The highest BCUT2D eigenvalue weighted by Crippen LogP contribution is 2.26. The Hall–Kier alpha value is -2.87. The number of nitrogens with one attached hydrogen (secondary N) is 2. The molecule has 3 aromatic rings. The highest BCUT2D eigenvalue weighted by atomic mass is 16.5. The summed E-state index contributed by atoms with van der Waals surface area (Å²) in [5.74, 6) is 2.09. The first kappa shape index (κ1) is 19.4. The lowest BCUT2D eigenvalue weighted by Gasteiger charge is -2.15. The Balaban J connectivity index is 1.51. The first-order chi connectivity index (χ1) is 14.1. The van der Waals surface area contributed by atoms with Crippen LogP contribution in [0.25, 0.3) is 5.65 Å². The van der Waals surface area contributed by atoms with E-state index in [4.69, 9.17) is 4.74 Å². The van der Waals surface area contributed by atoms with Crippen molar-refractivity contribution in [2.75, 3.05) is 43.9 Å². The lowest BCUT2D eigenvalue weighted by atomic mass is 10.3. The molecule has 29 heavy (non-hydrogen) atoms. The van der Waals surface area contributed by atoms with E-state index in [0.717, 1.165) is 47.3 Å². The molecular weight excluding hydrogens is 366 g/mol. The molecule has 0 amide bonds. The number of hydrogen-bond acceptors (Lipinski definition) is 7. The van der Waals surface area contributed by atoms with Gasteiger partial charge in [0.05, 0.1) is 18.0 Å². The molecule has 1 aliphatic rings. The van der Waals surface area contributed by atoms with Crippen LogP contribution in [0.4, 0.5) is 17.5 Å². The predicted octanol–water partition coefficient (Wildman–Crippen LogP) is 3.39. The molecule has 0 radical (unpaired) electrons. The fourth-order valence-electron chi connectivity index (χ4n) is 3.72. The van der Waals surface area contributed by atoms with E-state index < -0.39 is 0 Å². The Morgan fingerprint density at radius 3 is 2.66 bits per heavy atom. The van der Waals surface area contributed by atoms with E-state index in [0.29, 0.717) is 12.6 Å². The summed E-state index contributed by atoms with van der Waals surface area (Å²) in [7, 11) is 1.85. The number of imidazole rings is 1. The topological polar surface area (TPSA) is 79.6 Å². The molecular formula is C21H29N7O. The van der Waals surface area contributed by atoms with Crippen LogP contribution in [-0.4, -0.2) is 57.5 Å². The third kappa shape index (κ3) is 4.76. The molecule has 3 aromatic heterocycles. The summed E-state index contributed by atoms with van der Waals surface area (Å²) in [5, 5.41) is 6.36. The monoisotopic (exact) mass is 395 g/mol. The van der Waals surface area contributed by atoms with Gasteiger partial charge in [-0.25, -0.2) is 9.97 Å². The van der Waals surface area contributed by atoms with Crippen LogP contribution in [-0.2, 0) is 0 Å². The quantitative estimate of drug-likeness (QED) is 0.566. The minimum atomic E-state index is 0.547. The molecule has 8 nitrogen and oxygen atoms in total. The zero-order valence-electron chi connectivity index (χ0n) is 17.4. The van der Waals surface area contributed by atoms with Crippen molar-refractivity contribution in [2.45, 2.75) is 33.1 Å². The van der Waals surface area contributed by atoms with Crippen LogP contribution in [0.3, 0.4) is 0 Å². The molecule has 0 saturated carbocycles. The number of aryl methyl sites for hydroxylation is 2.